The fraction of sp³-hybridized carbons (Fsp3) is 0.333. The smallest absolute Gasteiger partial charge is 0.224 e. The van der Waals surface area contributed by atoms with E-state index in [0.29, 0.717) is 11.5 Å². The highest BCUT2D eigenvalue weighted by atomic mass is 32.2. The molecule has 0 saturated carbocycles. The van der Waals surface area contributed by atoms with Crippen LogP contribution in [0.15, 0.2) is 28.0 Å². The van der Waals surface area contributed by atoms with E-state index < -0.39 is 30.6 Å². The SMILES string of the molecule is C#CCSCCNS(=O)(=O)c1cc(S(C)(=O)=O)ccc1F. The van der Waals surface area contributed by atoms with Crippen LogP contribution >= 0.6 is 11.8 Å². The molecule has 0 heterocycles. The summed E-state index contributed by atoms with van der Waals surface area (Å²) in [4.78, 5) is -0.946. The second-order valence-electron chi connectivity index (χ2n) is 4.02. The number of hydrogen-bond donors (Lipinski definition) is 1. The van der Waals surface area contributed by atoms with Crippen LogP contribution in [0.2, 0.25) is 0 Å². The van der Waals surface area contributed by atoms with Crippen molar-refractivity contribution in [2.45, 2.75) is 9.79 Å². The fourth-order valence-electron chi connectivity index (χ4n) is 1.38. The van der Waals surface area contributed by atoms with Gasteiger partial charge in [-0.2, -0.15) is 0 Å². The van der Waals surface area contributed by atoms with Gasteiger partial charge in [0.25, 0.3) is 0 Å². The summed E-state index contributed by atoms with van der Waals surface area (Å²) in [5.41, 5.74) is 0. The van der Waals surface area contributed by atoms with Gasteiger partial charge in [0.15, 0.2) is 9.84 Å². The summed E-state index contributed by atoms with van der Waals surface area (Å²) in [6.45, 7) is 0.0667. The average molecular weight is 351 g/mol. The van der Waals surface area contributed by atoms with Gasteiger partial charge in [-0.1, -0.05) is 5.92 Å². The molecule has 0 aliphatic carbocycles. The summed E-state index contributed by atoms with van der Waals surface area (Å²) in [6, 6.07) is 2.64. The molecule has 5 nitrogen and oxygen atoms in total. The highest BCUT2D eigenvalue weighted by molar-refractivity contribution is 7.99. The fourth-order valence-corrected chi connectivity index (χ4v) is 3.87. The van der Waals surface area contributed by atoms with Crippen LogP contribution in [-0.2, 0) is 19.9 Å². The van der Waals surface area contributed by atoms with Crippen molar-refractivity contribution in [3.8, 4) is 12.3 Å². The Hall–Kier alpha value is -1.08. The molecular formula is C12H14FNO4S3. The van der Waals surface area contributed by atoms with Crippen molar-refractivity contribution in [2.24, 2.45) is 0 Å². The molecule has 0 aliphatic heterocycles. The minimum atomic E-state index is -4.12. The van der Waals surface area contributed by atoms with Crippen LogP contribution in [0.1, 0.15) is 0 Å². The molecule has 0 spiro atoms. The molecule has 0 aliphatic rings. The molecule has 1 aromatic rings. The Morgan fingerprint density at radius 2 is 2.00 bits per heavy atom. The maximum Gasteiger partial charge on any atom is 0.243 e. The third-order valence-electron chi connectivity index (χ3n) is 2.34. The molecule has 1 aromatic carbocycles. The zero-order valence-corrected chi connectivity index (χ0v) is 13.6. The normalized spacial score (nSPS) is 12.0. The molecule has 116 valence electrons. The number of sulfonamides is 1. The quantitative estimate of drug-likeness (QED) is 0.448. The van der Waals surface area contributed by atoms with Gasteiger partial charge in [-0.25, -0.2) is 25.9 Å². The Balaban J connectivity index is 2.95. The van der Waals surface area contributed by atoms with Gasteiger partial charge >= 0.3 is 0 Å². The lowest BCUT2D eigenvalue weighted by Crippen LogP contribution is -2.27. The van der Waals surface area contributed by atoms with Crippen molar-refractivity contribution >= 4 is 31.6 Å². The van der Waals surface area contributed by atoms with Gasteiger partial charge in [-0.15, -0.1) is 18.2 Å². The third kappa shape index (κ3) is 5.32. The van der Waals surface area contributed by atoms with Gasteiger partial charge in [0, 0.05) is 18.6 Å². The molecule has 0 amide bonds. The van der Waals surface area contributed by atoms with Crippen molar-refractivity contribution in [3.63, 3.8) is 0 Å². The van der Waals surface area contributed by atoms with Gasteiger partial charge in [-0.05, 0) is 18.2 Å². The Labute approximate surface area is 128 Å². The number of hydrogen-bond acceptors (Lipinski definition) is 5. The number of nitrogens with one attached hydrogen (secondary N) is 1. The van der Waals surface area contributed by atoms with E-state index in [1.807, 2.05) is 0 Å². The van der Waals surface area contributed by atoms with Crippen molar-refractivity contribution in [1.29, 1.82) is 0 Å². The van der Waals surface area contributed by atoms with Crippen LogP contribution < -0.4 is 4.72 Å². The molecule has 0 aromatic heterocycles. The van der Waals surface area contributed by atoms with Crippen LogP contribution in [0.25, 0.3) is 0 Å². The summed E-state index contributed by atoms with van der Waals surface area (Å²) in [6.07, 6.45) is 5.97. The lowest BCUT2D eigenvalue weighted by molar-refractivity contribution is 0.557. The molecule has 1 N–H and O–H groups in total. The first-order valence-corrected chi connectivity index (χ1v) is 10.2. The largest absolute Gasteiger partial charge is 0.243 e. The molecular weight excluding hydrogens is 337 g/mol. The molecule has 0 bridgehead atoms. The lowest BCUT2D eigenvalue weighted by atomic mass is 10.3. The molecule has 0 saturated heterocycles. The van der Waals surface area contributed by atoms with Crippen molar-refractivity contribution in [1.82, 2.24) is 4.72 Å². The minimum absolute atomic E-state index is 0.0667. The number of thioether (sulfide) groups is 1. The van der Waals surface area contributed by atoms with Crippen LogP contribution in [0.4, 0.5) is 4.39 Å². The molecule has 1 rings (SSSR count). The van der Waals surface area contributed by atoms with Gasteiger partial charge in [-0.3, -0.25) is 0 Å². The molecule has 9 heteroatoms. The van der Waals surface area contributed by atoms with E-state index >= 15 is 0 Å². The predicted octanol–water partition coefficient (Wildman–Crippen LogP) is 0.874. The second kappa shape index (κ2) is 7.26. The molecule has 0 unspecified atom stereocenters. The first-order valence-electron chi connectivity index (χ1n) is 5.69. The first-order chi connectivity index (χ1) is 9.68. The van der Waals surface area contributed by atoms with Gasteiger partial charge in [0.2, 0.25) is 10.0 Å². The van der Waals surface area contributed by atoms with E-state index in [1.165, 1.54) is 11.8 Å². The summed E-state index contributed by atoms with van der Waals surface area (Å²) < 4.78 is 62.6. The zero-order valence-electron chi connectivity index (χ0n) is 11.2. The zero-order chi connectivity index (χ0) is 16.1. The Bertz CT molecular complexity index is 751. The van der Waals surface area contributed by atoms with E-state index in [-0.39, 0.29) is 11.4 Å². The second-order valence-corrected chi connectivity index (χ2v) is 8.88. The van der Waals surface area contributed by atoms with E-state index in [0.717, 1.165) is 24.5 Å². The molecule has 0 atom stereocenters. The number of rotatable bonds is 7. The average Bonchev–Trinajstić information content (AvgIpc) is 2.37. The van der Waals surface area contributed by atoms with E-state index in [9.17, 15) is 21.2 Å². The van der Waals surface area contributed by atoms with E-state index in [2.05, 4.69) is 10.6 Å². The van der Waals surface area contributed by atoms with Crippen LogP contribution in [-0.4, -0.2) is 41.1 Å². The topological polar surface area (TPSA) is 80.3 Å². The van der Waals surface area contributed by atoms with Crippen LogP contribution in [0, 0.1) is 18.2 Å². The van der Waals surface area contributed by atoms with E-state index in [4.69, 9.17) is 6.42 Å². The van der Waals surface area contributed by atoms with Crippen LogP contribution in [0.3, 0.4) is 0 Å². The molecule has 0 radical (unpaired) electrons. The Morgan fingerprint density at radius 1 is 1.33 bits per heavy atom. The lowest BCUT2D eigenvalue weighted by Gasteiger charge is -2.08. The van der Waals surface area contributed by atoms with Gasteiger partial charge in [0.05, 0.1) is 10.6 Å². The first kappa shape index (κ1) is 18.0. The highest BCUT2D eigenvalue weighted by Crippen LogP contribution is 2.19. The third-order valence-corrected chi connectivity index (χ3v) is 5.79. The summed E-state index contributed by atoms with van der Waals surface area (Å²) in [5.74, 6) is 2.25. The summed E-state index contributed by atoms with van der Waals surface area (Å²) >= 11 is 1.35. The van der Waals surface area contributed by atoms with Gasteiger partial charge < -0.3 is 0 Å². The van der Waals surface area contributed by atoms with E-state index in [1.54, 1.807) is 0 Å². The maximum absolute atomic E-state index is 13.6. The minimum Gasteiger partial charge on any atom is -0.224 e. The summed E-state index contributed by atoms with van der Waals surface area (Å²) in [7, 11) is -7.74. The number of halogens is 1. The standard InChI is InChI=1S/C12H14FNO4S3/c1-3-7-19-8-6-14-21(17,18)12-9-10(20(2,15)16)4-5-11(12)13/h1,4-5,9,14H,6-8H2,2H3. The van der Waals surface area contributed by atoms with Gasteiger partial charge in [0.1, 0.15) is 10.7 Å². The summed E-state index contributed by atoms with van der Waals surface area (Å²) in [5, 5.41) is 0. The van der Waals surface area contributed by atoms with Crippen molar-refractivity contribution in [2.75, 3.05) is 24.3 Å². The maximum atomic E-state index is 13.6. The monoisotopic (exact) mass is 351 g/mol. The Morgan fingerprint density at radius 3 is 2.57 bits per heavy atom. The molecule has 0 fully saturated rings. The number of benzene rings is 1. The number of sulfone groups is 1. The predicted molar refractivity (Wildman–Crippen MR) is 80.9 cm³/mol. The number of terminal acetylenes is 1. The Kier molecular flexibility index (Phi) is 6.22. The van der Waals surface area contributed by atoms with Crippen molar-refractivity contribution in [3.05, 3.63) is 24.0 Å². The van der Waals surface area contributed by atoms with Crippen molar-refractivity contribution < 1.29 is 21.2 Å². The highest BCUT2D eigenvalue weighted by Gasteiger charge is 2.21. The molecule has 21 heavy (non-hydrogen) atoms. The van der Waals surface area contributed by atoms with Crippen LogP contribution in [0.5, 0.6) is 0 Å².